The van der Waals surface area contributed by atoms with Crippen LogP contribution in [0.2, 0.25) is 0 Å². The van der Waals surface area contributed by atoms with Gasteiger partial charge < -0.3 is 14.7 Å². The van der Waals surface area contributed by atoms with Crippen molar-refractivity contribution in [2.75, 3.05) is 45.9 Å². The van der Waals surface area contributed by atoms with Gasteiger partial charge in [-0.25, -0.2) is 4.79 Å². The zero-order valence-electron chi connectivity index (χ0n) is 24.3. The number of phenolic OH excluding ortho intramolecular Hbond substituents is 1. The Bertz CT molecular complexity index is 1110. The summed E-state index contributed by atoms with van der Waals surface area (Å²) in [6.45, 7) is 10.6. The zero-order chi connectivity index (χ0) is 28.2. The molecule has 5 nitrogen and oxygen atoms in total. The number of nitrogens with zero attached hydrogens (tertiary/aromatic N) is 2. The average molecular weight is 543 g/mol. The van der Waals surface area contributed by atoms with Crippen molar-refractivity contribution in [1.29, 1.82) is 0 Å². The quantitative estimate of drug-likeness (QED) is 0.228. The summed E-state index contributed by atoms with van der Waals surface area (Å²) in [5.74, 6) is 0.713. The molecule has 214 valence electrons. The number of esters is 1. The first-order chi connectivity index (χ1) is 19.6. The molecule has 0 amide bonds. The lowest BCUT2D eigenvalue weighted by molar-refractivity contribution is 0.0461. The molecule has 1 saturated heterocycles. The molecule has 0 spiro atoms. The van der Waals surface area contributed by atoms with Gasteiger partial charge in [0.05, 0.1) is 5.56 Å². The van der Waals surface area contributed by atoms with Gasteiger partial charge in [-0.1, -0.05) is 80.6 Å². The van der Waals surface area contributed by atoms with E-state index in [1.807, 2.05) is 6.07 Å². The van der Waals surface area contributed by atoms with Crippen molar-refractivity contribution in [3.05, 3.63) is 101 Å². The average Bonchev–Trinajstić information content (AvgIpc) is 2.99. The topological polar surface area (TPSA) is 53.0 Å². The van der Waals surface area contributed by atoms with Crippen LogP contribution in [0.4, 0.5) is 0 Å². The van der Waals surface area contributed by atoms with E-state index in [4.69, 9.17) is 4.74 Å². The number of benzene rings is 3. The Morgan fingerprint density at radius 2 is 1.50 bits per heavy atom. The van der Waals surface area contributed by atoms with Crippen LogP contribution < -0.4 is 0 Å². The second kappa shape index (κ2) is 15.6. The first-order valence-corrected chi connectivity index (χ1v) is 15.1. The maximum absolute atomic E-state index is 12.6. The summed E-state index contributed by atoms with van der Waals surface area (Å²) in [5, 5.41) is 10.7. The van der Waals surface area contributed by atoms with Crippen LogP contribution in [0.25, 0.3) is 0 Å². The Kier molecular flexibility index (Phi) is 11.6. The molecule has 3 aromatic rings. The Balaban J connectivity index is 1.27. The Labute approximate surface area is 240 Å². The number of phenols is 1. The molecular formula is C35H46N2O3. The molecule has 0 atom stereocenters. The van der Waals surface area contributed by atoms with Gasteiger partial charge >= 0.3 is 5.97 Å². The molecular weight excluding hydrogens is 496 g/mol. The molecule has 3 aromatic carbocycles. The Morgan fingerprint density at radius 1 is 0.900 bits per heavy atom. The SMILES string of the molecule is CCCN(CCC)CCOC(=O)c1ccc(CC2CCN(CC(c3ccccc3)c3ccccc3)CC2)c(O)c1. The van der Waals surface area contributed by atoms with E-state index in [9.17, 15) is 9.90 Å². The maximum Gasteiger partial charge on any atom is 0.338 e. The highest BCUT2D eigenvalue weighted by molar-refractivity contribution is 5.90. The van der Waals surface area contributed by atoms with Crippen LogP contribution in [0.3, 0.4) is 0 Å². The molecule has 0 saturated carbocycles. The van der Waals surface area contributed by atoms with Crippen molar-refractivity contribution in [3.63, 3.8) is 0 Å². The lowest BCUT2D eigenvalue weighted by atomic mass is 9.87. The smallest absolute Gasteiger partial charge is 0.338 e. The highest BCUT2D eigenvalue weighted by Crippen LogP contribution is 2.30. The normalized spacial score (nSPS) is 14.6. The minimum atomic E-state index is -0.366. The van der Waals surface area contributed by atoms with Crippen molar-refractivity contribution in [2.24, 2.45) is 5.92 Å². The van der Waals surface area contributed by atoms with E-state index >= 15 is 0 Å². The van der Waals surface area contributed by atoms with Gasteiger partial charge in [0, 0.05) is 19.0 Å². The second-order valence-electron chi connectivity index (χ2n) is 11.1. The van der Waals surface area contributed by atoms with Gasteiger partial charge in [0.25, 0.3) is 0 Å². The predicted octanol–water partition coefficient (Wildman–Crippen LogP) is 6.76. The fourth-order valence-electron chi connectivity index (χ4n) is 5.90. The Morgan fingerprint density at radius 3 is 2.05 bits per heavy atom. The standard InChI is InChI=1S/C35H46N2O3/c1-3-19-36(20-4-2)23-24-40-35(39)32-16-15-31(34(38)26-32)25-28-17-21-37(22-18-28)27-33(29-11-7-5-8-12-29)30-13-9-6-10-14-30/h5-16,26,28,33,38H,3-4,17-25,27H2,1-2H3. The van der Waals surface area contributed by atoms with Gasteiger partial charge in [0.2, 0.25) is 0 Å². The molecule has 1 N–H and O–H groups in total. The molecule has 0 aromatic heterocycles. The van der Waals surface area contributed by atoms with Gasteiger partial charge in [-0.3, -0.25) is 4.90 Å². The van der Waals surface area contributed by atoms with Crippen LogP contribution >= 0.6 is 0 Å². The lowest BCUT2D eigenvalue weighted by Crippen LogP contribution is -2.37. The van der Waals surface area contributed by atoms with Crippen molar-refractivity contribution in [3.8, 4) is 5.75 Å². The third kappa shape index (κ3) is 8.67. The molecule has 0 bridgehead atoms. The van der Waals surface area contributed by atoms with E-state index in [-0.39, 0.29) is 11.7 Å². The van der Waals surface area contributed by atoms with Crippen LogP contribution in [0.15, 0.2) is 78.9 Å². The molecule has 1 heterocycles. The summed E-state index contributed by atoms with van der Waals surface area (Å²) >= 11 is 0. The van der Waals surface area contributed by atoms with E-state index in [1.165, 1.54) is 11.1 Å². The van der Waals surface area contributed by atoms with Crippen molar-refractivity contribution in [2.45, 2.75) is 51.9 Å². The minimum Gasteiger partial charge on any atom is -0.508 e. The number of ether oxygens (including phenoxy) is 1. The van der Waals surface area contributed by atoms with Crippen LogP contribution in [0, 0.1) is 5.92 Å². The first-order valence-electron chi connectivity index (χ1n) is 15.1. The van der Waals surface area contributed by atoms with E-state index in [0.29, 0.717) is 24.0 Å². The van der Waals surface area contributed by atoms with Crippen LogP contribution in [-0.4, -0.2) is 66.8 Å². The number of carbonyl (C=O) groups is 1. The summed E-state index contributed by atoms with van der Waals surface area (Å²) in [6.07, 6.45) is 5.21. The van der Waals surface area contributed by atoms with Crippen molar-refractivity contribution in [1.82, 2.24) is 9.80 Å². The maximum atomic E-state index is 12.6. The van der Waals surface area contributed by atoms with Crippen LogP contribution in [0.1, 0.15) is 72.5 Å². The van der Waals surface area contributed by atoms with E-state index in [1.54, 1.807) is 12.1 Å². The van der Waals surface area contributed by atoms with Gasteiger partial charge in [0.1, 0.15) is 12.4 Å². The molecule has 4 rings (SSSR count). The molecule has 0 radical (unpaired) electrons. The van der Waals surface area contributed by atoms with Gasteiger partial charge in [-0.15, -0.1) is 0 Å². The highest BCUT2D eigenvalue weighted by Gasteiger charge is 2.24. The fraction of sp³-hybridized carbons (Fsp3) is 0.457. The number of carbonyl (C=O) groups excluding carboxylic acids is 1. The summed E-state index contributed by atoms with van der Waals surface area (Å²) < 4.78 is 5.51. The monoisotopic (exact) mass is 542 g/mol. The number of aromatic hydroxyl groups is 1. The highest BCUT2D eigenvalue weighted by atomic mass is 16.5. The van der Waals surface area contributed by atoms with Crippen molar-refractivity contribution < 1.29 is 14.6 Å². The zero-order valence-corrected chi connectivity index (χ0v) is 24.3. The second-order valence-corrected chi connectivity index (χ2v) is 11.1. The summed E-state index contributed by atoms with van der Waals surface area (Å²) in [4.78, 5) is 17.5. The molecule has 1 fully saturated rings. The third-order valence-electron chi connectivity index (χ3n) is 8.10. The third-order valence-corrected chi connectivity index (χ3v) is 8.10. The number of hydrogen-bond acceptors (Lipinski definition) is 5. The molecule has 5 heteroatoms. The van der Waals surface area contributed by atoms with Crippen LogP contribution in [-0.2, 0) is 11.2 Å². The van der Waals surface area contributed by atoms with Gasteiger partial charge in [-0.2, -0.15) is 0 Å². The van der Waals surface area contributed by atoms with Crippen LogP contribution in [0.5, 0.6) is 5.75 Å². The number of rotatable bonds is 14. The molecule has 40 heavy (non-hydrogen) atoms. The molecule has 0 aliphatic carbocycles. The van der Waals surface area contributed by atoms with Crippen molar-refractivity contribution >= 4 is 5.97 Å². The van der Waals surface area contributed by atoms with Gasteiger partial charge in [-0.05, 0) is 93.0 Å². The summed E-state index contributed by atoms with van der Waals surface area (Å²) in [6, 6.07) is 26.9. The number of likely N-dealkylation sites (tertiary alicyclic amines) is 1. The Hall–Kier alpha value is -3.15. The summed E-state index contributed by atoms with van der Waals surface area (Å²) in [5.41, 5.74) is 4.05. The number of piperidine rings is 1. The largest absolute Gasteiger partial charge is 0.508 e. The molecule has 0 unspecified atom stereocenters. The number of hydrogen-bond donors (Lipinski definition) is 1. The predicted molar refractivity (Wildman–Crippen MR) is 163 cm³/mol. The van der Waals surface area contributed by atoms with E-state index in [2.05, 4.69) is 84.3 Å². The fourth-order valence-corrected chi connectivity index (χ4v) is 5.90. The summed E-state index contributed by atoms with van der Waals surface area (Å²) in [7, 11) is 0. The lowest BCUT2D eigenvalue weighted by Gasteiger charge is -2.35. The molecule has 1 aliphatic heterocycles. The molecule has 1 aliphatic rings. The van der Waals surface area contributed by atoms with E-state index in [0.717, 1.165) is 76.9 Å². The minimum absolute atomic E-state index is 0.198. The first kappa shape index (κ1) is 29.8. The van der Waals surface area contributed by atoms with Gasteiger partial charge in [0.15, 0.2) is 0 Å². The van der Waals surface area contributed by atoms with E-state index < -0.39 is 0 Å².